The zero-order chi connectivity index (χ0) is 18.1. The summed E-state index contributed by atoms with van der Waals surface area (Å²) < 4.78 is 6.38. The number of carbonyl (C=O) groups is 1. The Labute approximate surface area is 168 Å². The molecule has 152 valence electrons. The van der Waals surface area contributed by atoms with E-state index < -0.39 is 0 Å². The van der Waals surface area contributed by atoms with Crippen molar-refractivity contribution in [3.63, 3.8) is 0 Å². The SMILES string of the molecule is CCCCCCCCCCCCCC(=O)OC[N+](CC)(CC)CC.[Br-]. The second-order valence-corrected chi connectivity index (χ2v) is 7.22. The maximum Gasteiger partial charge on any atom is 0.310 e. The smallest absolute Gasteiger partial charge is 0.310 e. The third kappa shape index (κ3) is 14.7. The first-order chi connectivity index (χ1) is 11.6. The van der Waals surface area contributed by atoms with Gasteiger partial charge in [-0.3, -0.25) is 9.28 Å². The summed E-state index contributed by atoms with van der Waals surface area (Å²) in [7, 11) is 0. The molecule has 0 rings (SSSR count). The van der Waals surface area contributed by atoms with Gasteiger partial charge in [0.15, 0.2) is 0 Å². The fourth-order valence-electron chi connectivity index (χ4n) is 3.16. The molecule has 0 bridgehead atoms. The molecule has 0 fully saturated rings. The average molecular weight is 422 g/mol. The first-order valence-electron chi connectivity index (χ1n) is 10.6. The summed E-state index contributed by atoms with van der Waals surface area (Å²) in [6.07, 6.45) is 15.0. The number of nitrogens with zero attached hydrogens (tertiary/aromatic N) is 1. The van der Waals surface area contributed by atoms with E-state index in [-0.39, 0.29) is 23.0 Å². The Morgan fingerprint density at radius 1 is 0.680 bits per heavy atom. The molecule has 0 heterocycles. The molecule has 0 radical (unpaired) electrons. The number of halogens is 1. The number of ether oxygens (including phenoxy) is 1. The predicted octanol–water partition coefficient (Wildman–Crippen LogP) is 3.07. The van der Waals surface area contributed by atoms with Gasteiger partial charge in [0.1, 0.15) is 0 Å². The van der Waals surface area contributed by atoms with Crippen LogP contribution < -0.4 is 17.0 Å². The molecule has 0 aromatic rings. The minimum atomic E-state index is -0.0104. The highest BCUT2D eigenvalue weighted by Gasteiger charge is 2.22. The first kappa shape index (κ1) is 27.1. The first-order valence-corrected chi connectivity index (χ1v) is 10.6. The Balaban J connectivity index is 0. The number of hydrogen-bond acceptors (Lipinski definition) is 2. The van der Waals surface area contributed by atoms with E-state index in [0.29, 0.717) is 13.2 Å². The maximum atomic E-state index is 11.9. The normalized spacial score (nSPS) is 11.2. The molecule has 0 saturated carbocycles. The van der Waals surface area contributed by atoms with E-state index in [2.05, 4.69) is 27.7 Å². The van der Waals surface area contributed by atoms with E-state index in [4.69, 9.17) is 4.74 Å². The van der Waals surface area contributed by atoms with Crippen LogP contribution in [0.4, 0.5) is 0 Å². The number of unbranched alkanes of at least 4 members (excludes halogenated alkanes) is 10. The van der Waals surface area contributed by atoms with Crippen LogP contribution in [0.15, 0.2) is 0 Å². The maximum absolute atomic E-state index is 11.9. The molecule has 25 heavy (non-hydrogen) atoms. The van der Waals surface area contributed by atoms with E-state index in [1.54, 1.807) is 0 Å². The molecule has 0 aliphatic carbocycles. The summed E-state index contributed by atoms with van der Waals surface area (Å²) in [4.78, 5) is 11.9. The highest BCUT2D eigenvalue weighted by molar-refractivity contribution is 5.69. The van der Waals surface area contributed by atoms with Gasteiger partial charge < -0.3 is 21.7 Å². The zero-order valence-electron chi connectivity index (χ0n) is 17.5. The van der Waals surface area contributed by atoms with Crippen molar-refractivity contribution in [2.45, 2.75) is 105 Å². The van der Waals surface area contributed by atoms with Gasteiger partial charge in [-0.2, -0.15) is 0 Å². The van der Waals surface area contributed by atoms with Gasteiger partial charge in [-0.15, -0.1) is 0 Å². The quantitative estimate of drug-likeness (QED) is 0.156. The summed E-state index contributed by atoms with van der Waals surface area (Å²) in [5, 5.41) is 0. The van der Waals surface area contributed by atoms with Gasteiger partial charge in [0.25, 0.3) is 0 Å². The lowest BCUT2D eigenvalue weighted by Gasteiger charge is -2.34. The van der Waals surface area contributed by atoms with Crippen LogP contribution >= 0.6 is 0 Å². The lowest BCUT2D eigenvalue weighted by molar-refractivity contribution is -0.938. The van der Waals surface area contributed by atoms with Gasteiger partial charge >= 0.3 is 5.97 Å². The lowest BCUT2D eigenvalue weighted by Crippen LogP contribution is -3.00. The van der Waals surface area contributed by atoms with E-state index in [1.807, 2.05) is 0 Å². The van der Waals surface area contributed by atoms with Crippen molar-refractivity contribution in [1.29, 1.82) is 0 Å². The average Bonchev–Trinajstić information content (AvgIpc) is 2.61. The fourth-order valence-corrected chi connectivity index (χ4v) is 3.16. The molecule has 0 amide bonds. The molecule has 0 aliphatic heterocycles. The second kappa shape index (κ2) is 18.7. The highest BCUT2D eigenvalue weighted by atomic mass is 79.9. The second-order valence-electron chi connectivity index (χ2n) is 7.22. The minimum absolute atomic E-state index is 0. The molecule has 0 aromatic heterocycles. The monoisotopic (exact) mass is 421 g/mol. The predicted molar refractivity (Wildman–Crippen MR) is 104 cm³/mol. The standard InChI is InChI=1S/C21H44NO2.BrH/c1-5-9-10-11-12-13-14-15-16-17-18-19-21(23)24-20-22(6-2,7-3)8-4;/h5-20H2,1-4H3;1H/q+1;/p-1. The molecular weight excluding hydrogens is 378 g/mol. The molecule has 0 atom stereocenters. The topological polar surface area (TPSA) is 26.3 Å². The molecular formula is C21H44BrNO2. The van der Waals surface area contributed by atoms with Gasteiger partial charge in [0, 0.05) is 6.42 Å². The third-order valence-electron chi connectivity index (χ3n) is 5.50. The molecule has 0 aliphatic rings. The summed E-state index contributed by atoms with van der Waals surface area (Å²) in [5.41, 5.74) is 0. The minimum Gasteiger partial charge on any atom is -1.00 e. The molecule has 0 aromatic carbocycles. The Kier molecular flexibility index (Phi) is 20.3. The summed E-state index contributed by atoms with van der Waals surface area (Å²) in [5.74, 6) is -0.0104. The molecule has 0 N–H and O–H groups in total. The van der Waals surface area contributed by atoms with Crippen LogP contribution in [0.5, 0.6) is 0 Å². The molecule has 0 spiro atoms. The largest absolute Gasteiger partial charge is 1.00 e. The van der Waals surface area contributed by atoms with Crippen molar-refractivity contribution in [3.05, 3.63) is 0 Å². The zero-order valence-corrected chi connectivity index (χ0v) is 19.0. The van der Waals surface area contributed by atoms with Crippen molar-refractivity contribution in [1.82, 2.24) is 0 Å². The molecule has 4 heteroatoms. The fraction of sp³-hybridized carbons (Fsp3) is 0.952. The number of quaternary nitrogens is 1. The highest BCUT2D eigenvalue weighted by Crippen LogP contribution is 2.12. The molecule has 0 saturated heterocycles. The van der Waals surface area contributed by atoms with E-state index in [9.17, 15) is 4.79 Å². The van der Waals surface area contributed by atoms with Crippen molar-refractivity contribution in [2.75, 3.05) is 26.4 Å². The van der Waals surface area contributed by atoms with Crippen molar-refractivity contribution in [3.8, 4) is 0 Å². The van der Waals surface area contributed by atoms with Crippen molar-refractivity contribution < 1.29 is 31.0 Å². The molecule has 3 nitrogen and oxygen atoms in total. The van der Waals surface area contributed by atoms with Gasteiger partial charge in [-0.05, 0) is 27.2 Å². The van der Waals surface area contributed by atoms with Crippen molar-refractivity contribution >= 4 is 5.97 Å². The third-order valence-corrected chi connectivity index (χ3v) is 5.50. The van der Waals surface area contributed by atoms with Crippen LogP contribution in [0.3, 0.4) is 0 Å². The summed E-state index contributed by atoms with van der Waals surface area (Å²) in [6.45, 7) is 12.4. The number of rotatable bonds is 17. The van der Waals surface area contributed by atoms with Gasteiger partial charge in [0.05, 0.1) is 19.6 Å². The van der Waals surface area contributed by atoms with Gasteiger partial charge in [0.2, 0.25) is 6.73 Å². The van der Waals surface area contributed by atoms with Crippen LogP contribution in [0, 0.1) is 0 Å². The Bertz CT molecular complexity index is 285. The summed E-state index contributed by atoms with van der Waals surface area (Å²) >= 11 is 0. The summed E-state index contributed by atoms with van der Waals surface area (Å²) in [6, 6.07) is 0. The Morgan fingerprint density at radius 2 is 1.08 bits per heavy atom. The number of esters is 1. The Morgan fingerprint density at radius 3 is 1.48 bits per heavy atom. The van der Waals surface area contributed by atoms with E-state index in [0.717, 1.165) is 30.5 Å². The van der Waals surface area contributed by atoms with E-state index in [1.165, 1.54) is 64.2 Å². The Hall–Kier alpha value is -0.0900. The lowest BCUT2D eigenvalue weighted by atomic mass is 10.1. The molecule has 0 unspecified atom stereocenters. The van der Waals surface area contributed by atoms with Crippen molar-refractivity contribution in [2.24, 2.45) is 0 Å². The van der Waals surface area contributed by atoms with Crippen LogP contribution in [-0.2, 0) is 9.53 Å². The number of hydrogen-bond donors (Lipinski definition) is 0. The van der Waals surface area contributed by atoms with Crippen LogP contribution in [0.25, 0.3) is 0 Å². The van der Waals surface area contributed by atoms with Gasteiger partial charge in [-0.1, -0.05) is 71.1 Å². The van der Waals surface area contributed by atoms with Gasteiger partial charge in [-0.25, -0.2) is 0 Å². The van der Waals surface area contributed by atoms with Crippen LogP contribution in [0.2, 0.25) is 0 Å². The van der Waals surface area contributed by atoms with E-state index >= 15 is 0 Å². The number of carbonyl (C=O) groups excluding carboxylic acids is 1. The van der Waals surface area contributed by atoms with Crippen LogP contribution in [0.1, 0.15) is 105 Å². The van der Waals surface area contributed by atoms with Crippen LogP contribution in [-0.4, -0.2) is 36.8 Å².